The third-order valence-electron chi connectivity index (χ3n) is 3.65. The topological polar surface area (TPSA) is 94.5 Å². The molecule has 1 unspecified atom stereocenters. The van der Waals surface area contributed by atoms with Gasteiger partial charge in [0.1, 0.15) is 16.9 Å². The van der Waals surface area contributed by atoms with Gasteiger partial charge < -0.3 is 5.32 Å². The van der Waals surface area contributed by atoms with Gasteiger partial charge in [-0.05, 0) is 37.7 Å². The fourth-order valence-electron chi connectivity index (χ4n) is 2.56. The molecule has 2 heterocycles. The minimum atomic E-state index is -0.387. The van der Waals surface area contributed by atoms with Gasteiger partial charge >= 0.3 is 0 Å². The smallest absolute Gasteiger partial charge is 0.295 e. The van der Waals surface area contributed by atoms with Gasteiger partial charge in [0.15, 0.2) is 0 Å². The fourth-order valence-corrected chi connectivity index (χ4v) is 3.92. The molecule has 21 heavy (non-hydrogen) atoms. The Morgan fingerprint density at radius 2 is 2.38 bits per heavy atom. The summed E-state index contributed by atoms with van der Waals surface area (Å²) in [5, 5.41) is 19.2. The third kappa shape index (κ3) is 2.54. The molecular formula is C14H15N5OS. The molecule has 2 aromatic rings. The van der Waals surface area contributed by atoms with E-state index in [0.717, 1.165) is 24.8 Å². The monoisotopic (exact) mass is 301 g/mol. The van der Waals surface area contributed by atoms with Gasteiger partial charge in [0.2, 0.25) is 5.82 Å². The predicted molar refractivity (Wildman–Crippen MR) is 79.3 cm³/mol. The number of carbonyl (C=O) groups is 1. The minimum Gasteiger partial charge on any atom is -0.310 e. The van der Waals surface area contributed by atoms with E-state index in [1.165, 1.54) is 16.2 Å². The largest absolute Gasteiger partial charge is 0.310 e. The molecule has 1 aliphatic rings. The van der Waals surface area contributed by atoms with Crippen LogP contribution < -0.4 is 5.32 Å². The predicted octanol–water partition coefficient (Wildman–Crippen LogP) is 2.42. The van der Waals surface area contributed by atoms with E-state index in [-0.39, 0.29) is 11.7 Å². The number of nitriles is 1. The van der Waals surface area contributed by atoms with Crippen LogP contribution in [-0.2, 0) is 12.8 Å². The van der Waals surface area contributed by atoms with Gasteiger partial charge in [0, 0.05) is 4.88 Å². The van der Waals surface area contributed by atoms with Crippen molar-refractivity contribution >= 4 is 22.2 Å². The number of nitrogens with zero attached hydrogens (tertiary/aromatic N) is 3. The summed E-state index contributed by atoms with van der Waals surface area (Å²) < 4.78 is 0. The van der Waals surface area contributed by atoms with E-state index in [9.17, 15) is 10.1 Å². The van der Waals surface area contributed by atoms with Gasteiger partial charge in [-0.1, -0.05) is 6.92 Å². The van der Waals surface area contributed by atoms with Crippen LogP contribution >= 0.6 is 11.3 Å². The summed E-state index contributed by atoms with van der Waals surface area (Å²) in [4.78, 5) is 17.3. The minimum absolute atomic E-state index is 0.0936. The summed E-state index contributed by atoms with van der Waals surface area (Å²) in [7, 11) is 0. The number of aryl methyl sites for hydroxylation is 1. The van der Waals surface area contributed by atoms with Gasteiger partial charge in [0.05, 0.1) is 5.56 Å². The summed E-state index contributed by atoms with van der Waals surface area (Å²) in [5.41, 5.74) is 1.70. The normalized spacial score (nSPS) is 17.1. The molecule has 0 saturated carbocycles. The van der Waals surface area contributed by atoms with Crippen molar-refractivity contribution in [1.82, 2.24) is 15.2 Å². The first kappa shape index (κ1) is 13.8. The highest BCUT2D eigenvalue weighted by Crippen LogP contribution is 2.39. The average molecular weight is 301 g/mol. The molecule has 0 radical (unpaired) electrons. The highest BCUT2D eigenvalue weighted by Gasteiger charge is 2.25. The van der Waals surface area contributed by atoms with Gasteiger partial charge in [-0.3, -0.25) is 9.89 Å². The first-order chi connectivity index (χ1) is 10.1. The molecule has 0 saturated heterocycles. The number of H-pyrrole nitrogens is 1. The Kier molecular flexibility index (Phi) is 3.47. The van der Waals surface area contributed by atoms with Crippen LogP contribution in [0.25, 0.3) is 0 Å². The second-order valence-electron chi connectivity index (χ2n) is 5.37. The number of thiophene rings is 1. The summed E-state index contributed by atoms with van der Waals surface area (Å²) in [6.07, 6.45) is 2.97. The average Bonchev–Trinajstić information content (AvgIpc) is 3.01. The molecule has 0 aliphatic heterocycles. The zero-order chi connectivity index (χ0) is 15.0. The number of aromatic amines is 1. The molecule has 3 rings (SSSR count). The maximum Gasteiger partial charge on any atom is 0.295 e. The summed E-state index contributed by atoms with van der Waals surface area (Å²) in [5.74, 6) is 0.917. The number of carbonyl (C=O) groups excluding carboxylic acids is 1. The lowest BCUT2D eigenvalue weighted by molar-refractivity contribution is 0.101. The molecule has 1 atom stereocenters. The van der Waals surface area contributed by atoms with E-state index in [4.69, 9.17) is 0 Å². The van der Waals surface area contributed by atoms with E-state index in [2.05, 4.69) is 33.5 Å². The quantitative estimate of drug-likeness (QED) is 0.890. The Morgan fingerprint density at radius 1 is 1.57 bits per heavy atom. The van der Waals surface area contributed by atoms with Crippen LogP contribution in [-0.4, -0.2) is 21.1 Å². The van der Waals surface area contributed by atoms with Crippen LogP contribution in [0.1, 0.15) is 45.8 Å². The van der Waals surface area contributed by atoms with E-state index in [1.807, 2.05) is 0 Å². The number of aromatic nitrogens is 3. The van der Waals surface area contributed by atoms with Crippen molar-refractivity contribution in [2.45, 2.75) is 33.1 Å². The number of anilines is 1. The van der Waals surface area contributed by atoms with Crippen LogP contribution in [0.4, 0.5) is 5.00 Å². The first-order valence-electron chi connectivity index (χ1n) is 6.83. The summed E-state index contributed by atoms with van der Waals surface area (Å²) >= 11 is 1.50. The molecule has 1 amide bonds. The van der Waals surface area contributed by atoms with Gasteiger partial charge in [-0.15, -0.1) is 16.4 Å². The fraction of sp³-hybridized carbons (Fsp3) is 0.429. The van der Waals surface area contributed by atoms with Crippen molar-refractivity contribution in [1.29, 1.82) is 5.26 Å². The molecule has 6 nitrogen and oxygen atoms in total. The molecule has 0 aromatic carbocycles. The summed E-state index contributed by atoms with van der Waals surface area (Å²) in [6.45, 7) is 3.94. The van der Waals surface area contributed by atoms with Crippen LogP contribution in [0.15, 0.2) is 0 Å². The number of amides is 1. The number of nitrogens with one attached hydrogen (secondary N) is 2. The van der Waals surface area contributed by atoms with Gasteiger partial charge in [-0.25, -0.2) is 4.98 Å². The zero-order valence-corrected chi connectivity index (χ0v) is 12.7. The molecule has 0 fully saturated rings. The van der Waals surface area contributed by atoms with Crippen molar-refractivity contribution < 1.29 is 4.79 Å². The van der Waals surface area contributed by atoms with Crippen LogP contribution in [0.5, 0.6) is 0 Å². The second-order valence-corrected chi connectivity index (χ2v) is 6.47. The Labute approximate surface area is 126 Å². The standard InChI is InChI=1S/C14H15N5OS/c1-7-3-4-9-10(6-15)14(21-11(9)5-7)17-13(20)12-16-8(2)18-19-12/h7H,3-5H2,1-2H3,(H,17,20)(H,16,18,19). The molecule has 7 heteroatoms. The lowest BCUT2D eigenvalue weighted by atomic mass is 9.89. The number of hydrogen-bond donors (Lipinski definition) is 2. The number of fused-ring (bicyclic) bond motifs is 1. The summed E-state index contributed by atoms with van der Waals surface area (Å²) in [6, 6.07) is 2.23. The molecular weight excluding hydrogens is 286 g/mol. The van der Waals surface area contributed by atoms with Crippen molar-refractivity contribution in [2.75, 3.05) is 5.32 Å². The molecule has 1 aliphatic carbocycles. The van der Waals surface area contributed by atoms with Crippen molar-refractivity contribution in [2.24, 2.45) is 5.92 Å². The van der Waals surface area contributed by atoms with Gasteiger partial charge in [-0.2, -0.15) is 5.26 Å². The van der Waals surface area contributed by atoms with Crippen molar-refractivity contribution in [3.63, 3.8) is 0 Å². The molecule has 108 valence electrons. The lowest BCUT2D eigenvalue weighted by Crippen LogP contribution is -2.14. The van der Waals surface area contributed by atoms with Crippen LogP contribution in [0.2, 0.25) is 0 Å². The van der Waals surface area contributed by atoms with E-state index in [1.54, 1.807) is 6.92 Å². The molecule has 0 spiro atoms. The van der Waals surface area contributed by atoms with E-state index >= 15 is 0 Å². The zero-order valence-electron chi connectivity index (χ0n) is 11.9. The number of hydrogen-bond acceptors (Lipinski definition) is 5. The molecule has 2 N–H and O–H groups in total. The second kappa shape index (κ2) is 5.30. The number of rotatable bonds is 2. The van der Waals surface area contributed by atoms with Crippen molar-refractivity contribution in [3.05, 3.63) is 27.7 Å². The van der Waals surface area contributed by atoms with E-state index in [0.29, 0.717) is 22.3 Å². The third-order valence-corrected chi connectivity index (χ3v) is 4.82. The Morgan fingerprint density at radius 3 is 3.05 bits per heavy atom. The Balaban J connectivity index is 1.89. The first-order valence-corrected chi connectivity index (χ1v) is 7.65. The molecule has 0 bridgehead atoms. The Hall–Kier alpha value is -2.20. The van der Waals surface area contributed by atoms with Crippen LogP contribution in [0, 0.1) is 24.2 Å². The Bertz CT molecular complexity index is 739. The van der Waals surface area contributed by atoms with Crippen LogP contribution in [0.3, 0.4) is 0 Å². The maximum atomic E-state index is 12.1. The molecule has 2 aromatic heterocycles. The SMILES string of the molecule is Cc1nc(C(=O)Nc2sc3c(c2C#N)CCC(C)C3)n[nH]1. The van der Waals surface area contributed by atoms with Crippen molar-refractivity contribution in [3.8, 4) is 6.07 Å². The lowest BCUT2D eigenvalue weighted by Gasteiger charge is -2.17. The highest BCUT2D eigenvalue weighted by atomic mass is 32.1. The maximum absolute atomic E-state index is 12.1. The van der Waals surface area contributed by atoms with E-state index < -0.39 is 0 Å². The highest BCUT2D eigenvalue weighted by molar-refractivity contribution is 7.16. The van der Waals surface area contributed by atoms with Gasteiger partial charge in [0.25, 0.3) is 5.91 Å².